The number of hydrogen-bond acceptors (Lipinski definition) is 3. The van der Waals surface area contributed by atoms with Crippen LogP contribution >= 0.6 is 12.4 Å². The average Bonchev–Trinajstić information content (AvgIpc) is 2.27. The fraction of sp³-hybridized carbons (Fsp3) is 0.455. The van der Waals surface area contributed by atoms with Gasteiger partial charge in [-0.2, -0.15) is 0 Å². The van der Waals surface area contributed by atoms with Crippen molar-refractivity contribution >= 4 is 18.1 Å². The first-order valence-electron chi connectivity index (χ1n) is 5.23. The molecule has 5 heteroatoms. The Balaban J connectivity index is 0.00000128. The minimum absolute atomic E-state index is 0. The first kappa shape index (κ1) is 12.9. The molecule has 88 valence electrons. The zero-order chi connectivity index (χ0) is 10.8. The first-order valence-corrected chi connectivity index (χ1v) is 5.23. The minimum Gasteiger partial charge on any atom is -0.310 e. The van der Waals surface area contributed by atoms with Crippen LogP contribution in [0.3, 0.4) is 0 Å². The van der Waals surface area contributed by atoms with Crippen molar-refractivity contribution in [2.75, 3.05) is 6.54 Å². The maximum absolute atomic E-state index is 10.7. The molecule has 0 saturated carbocycles. The topological polar surface area (TPSA) is 55.2 Å². The van der Waals surface area contributed by atoms with Crippen LogP contribution in [-0.4, -0.2) is 11.5 Å². The molecular weight excluding hydrogens is 228 g/mol. The van der Waals surface area contributed by atoms with Crippen molar-refractivity contribution in [2.45, 2.75) is 25.8 Å². The Morgan fingerprint density at radius 2 is 2.31 bits per heavy atom. The number of benzene rings is 1. The summed E-state index contributed by atoms with van der Waals surface area (Å²) in [6.45, 7) is 3.05. The van der Waals surface area contributed by atoms with Gasteiger partial charge in [-0.3, -0.25) is 10.1 Å². The Bertz CT molecular complexity index is 396. The van der Waals surface area contributed by atoms with Gasteiger partial charge in [-0.25, -0.2) is 0 Å². The third-order valence-corrected chi connectivity index (χ3v) is 2.91. The van der Waals surface area contributed by atoms with Crippen molar-refractivity contribution in [3.05, 3.63) is 39.4 Å². The van der Waals surface area contributed by atoms with Gasteiger partial charge in [0.1, 0.15) is 0 Å². The molecule has 1 unspecified atom stereocenters. The van der Waals surface area contributed by atoms with E-state index in [0.717, 1.165) is 24.9 Å². The molecule has 1 atom stereocenters. The predicted octanol–water partition coefficient (Wildman–Crippen LogP) is 2.61. The monoisotopic (exact) mass is 242 g/mol. The summed E-state index contributed by atoms with van der Waals surface area (Å²) >= 11 is 0. The molecule has 1 aliphatic rings. The van der Waals surface area contributed by atoms with E-state index in [9.17, 15) is 10.1 Å². The number of nitro benzene ring substituents is 1. The summed E-state index contributed by atoms with van der Waals surface area (Å²) in [4.78, 5) is 10.3. The van der Waals surface area contributed by atoms with E-state index >= 15 is 0 Å². The van der Waals surface area contributed by atoms with Crippen LogP contribution in [0, 0.1) is 10.1 Å². The van der Waals surface area contributed by atoms with Crippen LogP contribution in [0.15, 0.2) is 18.2 Å². The van der Waals surface area contributed by atoms with E-state index in [1.165, 1.54) is 5.56 Å². The fourth-order valence-corrected chi connectivity index (χ4v) is 2.10. The third kappa shape index (κ3) is 2.33. The quantitative estimate of drug-likeness (QED) is 0.641. The van der Waals surface area contributed by atoms with Crippen molar-refractivity contribution in [1.82, 2.24) is 5.32 Å². The molecule has 1 N–H and O–H groups in total. The number of rotatable bonds is 2. The zero-order valence-corrected chi connectivity index (χ0v) is 9.92. The van der Waals surface area contributed by atoms with Crippen LogP contribution in [0.5, 0.6) is 0 Å². The highest BCUT2D eigenvalue weighted by molar-refractivity contribution is 5.85. The van der Waals surface area contributed by atoms with Crippen LogP contribution in [0.25, 0.3) is 0 Å². The predicted molar refractivity (Wildman–Crippen MR) is 65.1 cm³/mol. The number of non-ortho nitro benzene ring substituents is 1. The van der Waals surface area contributed by atoms with Crippen molar-refractivity contribution < 1.29 is 4.92 Å². The summed E-state index contributed by atoms with van der Waals surface area (Å²) in [5.41, 5.74) is 2.53. The molecule has 1 heterocycles. The summed E-state index contributed by atoms with van der Waals surface area (Å²) in [6, 6.07) is 5.46. The lowest BCUT2D eigenvalue weighted by Crippen LogP contribution is -2.29. The first-order chi connectivity index (χ1) is 7.22. The minimum atomic E-state index is -0.332. The molecule has 2 rings (SSSR count). The second-order valence-corrected chi connectivity index (χ2v) is 3.81. The largest absolute Gasteiger partial charge is 0.310 e. The van der Waals surface area contributed by atoms with Gasteiger partial charge in [0.15, 0.2) is 0 Å². The molecule has 0 radical (unpaired) electrons. The molecule has 0 bridgehead atoms. The SMILES string of the molecule is CCC1NCCc2ccc([N+](=O)[O-])cc21.Cl. The second kappa shape index (κ2) is 5.27. The number of nitrogens with zero attached hydrogens (tertiary/aromatic N) is 1. The zero-order valence-electron chi connectivity index (χ0n) is 9.10. The summed E-state index contributed by atoms with van der Waals surface area (Å²) < 4.78 is 0. The summed E-state index contributed by atoms with van der Waals surface area (Å²) in [7, 11) is 0. The van der Waals surface area contributed by atoms with Gasteiger partial charge < -0.3 is 5.32 Å². The van der Waals surface area contributed by atoms with Crippen LogP contribution in [-0.2, 0) is 6.42 Å². The summed E-state index contributed by atoms with van der Waals surface area (Å²) in [6.07, 6.45) is 1.93. The Morgan fingerprint density at radius 3 is 2.94 bits per heavy atom. The summed E-state index contributed by atoms with van der Waals surface area (Å²) in [5, 5.41) is 14.0. The Hall–Kier alpha value is -1.13. The van der Waals surface area contributed by atoms with Crippen molar-refractivity contribution in [1.29, 1.82) is 0 Å². The lowest BCUT2D eigenvalue weighted by molar-refractivity contribution is -0.385. The van der Waals surface area contributed by atoms with Crippen LogP contribution in [0.4, 0.5) is 5.69 Å². The number of nitrogens with one attached hydrogen (secondary N) is 1. The molecule has 16 heavy (non-hydrogen) atoms. The van der Waals surface area contributed by atoms with Gasteiger partial charge >= 0.3 is 0 Å². The standard InChI is InChI=1S/C11H14N2O2.ClH/c1-2-11-10-7-9(13(14)15)4-3-8(10)5-6-12-11;/h3-4,7,11-12H,2,5-6H2,1H3;1H. The van der Waals surface area contributed by atoms with Gasteiger partial charge in [0.05, 0.1) is 4.92 Å². The molecule has 1 aliphatic heterocycles. The van der Waals surface area contributed by atoms with E-state index < -0.39 is 0 Å². The highest BCUT2D eigenvalue weighted by Crippen LogP contribution is 2.28. The van der Waals surface area contributed by atoms with Crippen LogP contribution in [0.2, 0.25) is 0 Å². The Labute approximate surface area is 101 Å². The van der Waals surface area contributed by atoms with Crippen molar-refractivity contribution in [3.8, 4) is 0 Å². The average molecular weight is 243 g/mol. The molecule has 0 amide bonds. The maximum atomic E-state index is 10.7. The second-order valence-electron chi connectivity index (χ2n) is 3.81. The Kier molecular flexibility index (Phi) is 4.26. The van der Waals surface area contributed by atoms with Gasteiger partial charge in [0, 0.05) is 18.2 Å². The van der Waals surface area contributed by atoms with Crippen LogP contribution < -0.4 is 5.32 Å². The molecule has 1 aromatic rings. The third-order valence-electron chi connectivity index (χ3n) is 2.91. The molecule has 0 spiro atoms. The number of fused-ring (bicyclic) bond motifs is 1. The number of nitro groups is 1. The highest BCUT2D eigenvalue weighted by atomic mass is 35.5. The number of hydrogen-bond donors (Lipinski definition) is 1. The lowest BCUT2D eigenvalue weighted by Gasteiger charge is -2.25. The molecule has 0 saturated heterocycles. The van der Waals surface area contributed by atoms with Gasteiger partial charge in [-0.1, -0.05) is 13.0 Å². The van der Waals surface area contributed by atoms with E-state index in [-0.39, 0.29) is 29.1 Å². The normalized spacial score (nSPS) is 18.4. The van der Waals surface area contributed by atoms with Gasteiger partial charge in [0.2, 0.25) is 0 Å². The smallest absolute Gasteiger partial charge is 0.269 e. The lowest BCUT2D eigenvalue weighted by atomic mass is 9.92. The number of halogens is 1. The van der Waals surface area contributed by atoms with E-state index in [1.54, 1.807) is 12.1 Å². The molecule has 0 aliphatic carbocycles. The maximum Gasteiger partial charge on any atom is 0.269 e. The molecule has 0 aromatic heterocycles. The Morgan fingerprint density at radius 1 is 1.56 bits per heavy atom. The van der Waals surface area contributed by atoms with Crippen LogP contribution in [0.1, 0.15) is 30.5 Å². The van der Waals surface area contributed by atoms with E-state index in [4.69, 9.17) is 0 Å². The molecule has 1 aromatic carbocycles. The van der Waals surface area contributed by atoms with Gasteiger partial charge in [-0.05, 0) is 30.5 Å². The van der Waals surface area contributed by atoms with E-state index in [1.807, 2.05) is 6.07 Å². The molecular formula is C11H15ClN2O2. The van der Waals surface area contributed by atoms with Gasteiger partial charge in [0.25, 0.3) is 5.69 Å². The van der Waals surface area contributed by atoms with Gasteiger partial charge in [-0.15, -0.1) is 12.4 Å². The highest BCUT2D eigenvalue weighted by Gasteiger charge is 2.20. The van der Waals surface area contributed by atoms with Crippen molar-refractivity contribution in [3.63, 3.8) is 0 Å². The van der Waals surface area contributed by atoms with E-state index in [0.29, 0.717) is 0 Å². The van der Waals surface area contributed by atoms with E-state index in [2.05, 4.69) is 12.2 Å². The summed E-state index contributed by atoms with van der Waals surface area (Å²) in [5.74, 6) is 0. The fourth-order valence-electron chi connectivity index (χ4n) is 2.10. The molecule has 4 nitrogen and oxygen atoms in total. The molecule has 0 fully saturated rings. The van der Waals surface area contributed by atoms with Crippen molar-refractivity contribution in [2.24, 2.45) is 0 Å².